The first-order valence-electron chi connectivity index (χ1n) is 8.07. The van der Waals surface area contributed by atoms with Crippen LogP contribution in [0.3, 0.4) is 0 Å². The molecule has 0 saturated carbocycles. The predicted molar refractivity (Wildman–Crippen MR) is 96.2 cm³/mol. The Hall–Kier alpha value is -3.00. The number of pyridine rings is 1. The largest absolute Gasteiger partial charge is 0.465 e. The first-order valence-corrected chi connectivity index (χ1v) is 8.45. The lowest BCUT2D eigenvalue weighted by Crippen LogP contribution is -2.30. The first kappa shape index (κ1) is 16.5. The van der Waals surface area contributed by atoms with Gasteiger partial charge in [0.2, 0.25) is 0 Å². The summed E-state index contributed by atoms with van der Waals surface area (Å²) in [6.07, 6.45) is -0.571. The summed E-state index contributed by atoms with van der Waals surface area (Å²) in [7, 11) is 0. The van der Waals surface area contributed by atoms with Gasteiger partial charge < -0.3 is 14.6 Å². The number of rotatable bonds is 1. The summed E-state index contributed by atoms with van der Waals surface area (Å²) < 4.78 is 2.76. The molecule has 1 aromatic carbocycles. The third kappa shape index (κ3) is 2.50. The number of para-hydroxylation sites is 1. The number of nitrogens with zero attached hydrogens (tertiary/aromatic N) is 3. The lowest BCUT2D eigenvalue weighted by Gasteiger charge is -2.16. The van der Waals surface area contributed by atoms with Crippen LogP contribution in [0.4, 0.5) is 4.79 Å². The van der Waals surface area contributed by atoms with Crippen molar-refractivity contribution in [1.82, 2.24) is 19.2 Å². The summed E-state index contributed by atoms with van der Waals surface area (Å²) in [6.45, 7) is 0.656. The van der Waals surface area contributed by atoms with Gasteiger partial charge >= 0.3 is 6.09 Å². The Morgan fingerprint density at radius 2 is 1.96 bits per heavy atom. The number of carboxylic acid groups (broad SMARTS) is 1. The minimum atomic E-state index is -1.08. The Labute approximate surface area is 151 Å². The zero-order valence-corrected chi connectivity index (χ0v) is 14.4. The molecule has 1 amide bonds. The fourth-order valence-electron chi connectivity index (χ4n) is 3.36. The number of carbonyl (C=O) groups is 1. The number of aromatic amines is 1. The number of benzene rings is 1. The Balaban J connectivity index is 2.02. The molecule has 2 aromatic heterocycles. The zero-order chi connectivity index (χ0) is 18.4. The second-order valence-electron chi connectivity index (χ2n) is 6.13. The van der Waals surface area contributed by atoms with E-state index in [0.29, 0.717) is 46.8 Å². The third-order valence-corrected chi connectivity index (χ3v) is 4.90. The molecule has 9 heteroatoms. The quantitative estimate of drug-likeness (QED) is 0.680. The standard InChI is InChI=1S/C17H15ClN4O4/c18-10-4-1-2-5-12(10)22-16(24)15-11(19-22)8-14(23)21-7-3-6-20(17(25)26)9-13(15)21/h1-2,4-5,8,19H,3,6-7,9H2,(H,25,26). The summed E-state index contributed by atoms with van der Waals surface area (Å²) in [5, 5.41) is 13.0. The SMILES string of the molecule is O=C(O)N1CCCn2c(c3c(=O)n(-c4ccccc4Cl)[nH]c3cc2=O)C1. The molecule has 0 bridgehead atoms. The van der Waals surface area contributed by atoms with Gasteiger partial charge in [-0.2, -0.15) is 0 Å². The molecule has 1 aliphatic rings. The molecule has 0 atom stereocenters. The van der Waals surface area contributed by atoms with Gasteiger partial charge in [0.15, 0.2) is 0 Å². The van der Waals surface area contributed by atoms with Crippen LogP contribution in [-0.2, 0) is 13.1 Å². The first-order chi connectivity index (χ1) is 12.5. The summed E-state index contributed by atoms with van der Waals surface area (Å²) in [5.74, 6) is 0. The zero-order valence-electron chi connectivity index (χ0n) is 13.6. The van der Waals surface area contributed by atoms with E-state index < -0.39 is 6.09 Å². The summed E-state index contributed by atoms with van der Waals surface area (Å²) >= 11 is 6.19. The maximum atomic E-state index is 13.0. The van der Waals surface area contributed by atoms with E-state index >= 15 is 0 Å². The van der Waals surface area contributed by atoms with Gasteiger partial charge in [-0.25, -0.2) is 9.48 Å². The molecule has 0 aliphatic carbocycles. The van der Waals surface area contributed by atoms with Gasteiger partial charge in [0.25, 0.3) is 11.1 Å². The Morgan fingerprint density at radius 1 is 1.19 bits per heavy atom. The summed E-state index contributed by atoms with van der Waals surface area (Å²) in [4.78, 5) is 38.2. The molecule has 8 nitrogen and oxygen atoms in total. The van der Waals surface area contributed by atoms with E-state index in [0.717, 1.165) is 0 Å². The van der Waals surface area contributed by atoms with Crippen molar-refractivity contribution < 1.29 is 9.90 Å². The second-order valence-corrected chi connectivity index (χ2v) is 6.54. The lowest BCUT2D eigenvalue weighted by molar-refractivity contribution is 0.143. The van der Waals surface area contributed by atoms with Crippen molar-refractivity contribution in [2.24, 2.45) is 0 Å². The maximum absolute atomic E-state index is 13.0. The van der Waals surface area contributed by atoms with E-state index in [4.69, 9.17) is 11.6 Å². The molecule has 0 spiro atoms. The number of halogens is 1. The average molecular weight is 375 g/mol. The van der Waals surface area contributed by atoms with Crippen LogP contribution in [0.15, 0.2) is 39.9 Å². The highest BCUT2D eigenvalue weighted by atomic mass is 35.5. The predicted octanol–water partition coefficient (Wildman–Crippen LogP) is 2.02. The fourth-order valence-corrected chi connectivity index (χ4v) is 3.58. The molecule has 3 aromatic rings. The fraction of sp³-hybridized carbons (Fsp3) is 0.235. The monoisotopic (exact) mass is 374 g/mol. The topological polar surface area (TPSA) is 100 Å². The highest BCUT2D eigenvalue weighted by molar-refractivity contribution is 6.32. The van der Waals surface area contributed by atoms with Gasteiger partial charge in [-0.1, -0.05) is 23.7 Å². The molecular formula is C17H15ClN4O4. The molecule has 2 N–H and O–H groups in total. The highest BCUT2D eigenvalue weighted by Gasteiger charge is 2.24. The van der Waals surface area contributed by atoms with Crippen molar-refractivity contribution in [2.75, 3.05) is 6.54 Å². The Morgan fingerprint density at radius 3 is 2.69 bits per heavy atom. The van der Waals surface area contributed by atoms with Crippen LogP contribution in [0.5, 0.6) is 0 Å². The molecule has 0 fully saturated rings. The normalized spacial score (nSPS) is 14.3. The van der Waals surface area contributed by atoms with Crippen molar-refractivity contribution in [2.45, 2.75) is 19.5 Å². The van der Waals surface area contributed by atoms with E-state index in [2.05, 4.69) is 5.10 Å². The summed E-state index contributed by atoms with van der Waals surface area (Å²) in [6, 6.07) is 8.22. The number of hydrogen-bond donors (Lipinski definition) is 2. The average Bonchev–Trinajstić information content (AvgIpc) is 2.80. The van der Waals surface area contributed by atoms with Crippen LogP contribution in [0.1, 0.15) is 12.1 Å². The molecule has 134 valence electrons. The smallest absolute Gasteiger partial charge is 0.407 e. The number of hydrogen-bond acceptors (Lipinski definition) is 3. The number of aromatic nitrogens is 3. The number of nitrogens with one attached hydrogen (secondary N) is 1. The van der Waals surface area contributed by atoms with Gasteiger partial charge in [0.1, 0.15) is 0 Å². The molecule has 0 saturated heterocycles. The molecule has 1 aliphatic heterocycles. The van der Waals surface area contributed by atoms with E-state index in [1.807, 2.05) is 0 Å². The van der Waals surface area contributed by atoms with Crippen molar-refractivity contribution in [1.29, 1.82) is 0 Å². The second kappa shape index (κ2) is 6.06. The van der Waals surface area contributed by atoms with Crippen molar-refractivity contribution in [3.8, 4) is 5.69 Å². The van der Waals surface area contributed by atoms with Crippen molar-refractivity contribution >= 4 is 28.6 Å². The lowest BCUT2D eigenvalue weighted by atomic mass is 10.2. The van der Waals surface area contributed by atoms with E-state index in [9.17, 15) is 19.5 Å². The molecular weight excluding hydrogens is 360 g/mol. The van der Waals surface area contributed by atoms with Crippen LogP contribution < -0.4 is 11.1 Å². The molecule has 3 heterocycles. The number of fused-ring (bicyclic) bond motifs is 3. The van der Waals surface area contributed by atoms with Crippen LogP contribution in [0, 0.1) is 0 Å². The van der Waals surface area contributed by atoms with Gasteiger partial charge in [-0.3, -0.25) is 14.7 Å². The van der Waals surface area contributed by atoms with Crippen LogP contribution in [0.25, 0.3) is 16.6 Å². The maximum Gasteiger partial charge on any atom is 0.407 e. The highest BCUT2D eigenvalue weighted by Crippen LogP contribution is 2.22. The third-order valence-electron chi connectivity index (χ3n) is 4.58. The van der Waals surface area contributed by atoms with Gasteiger partial charge in [0.05, 0.1) is 33.9 Å². The van der Waals surface area contributed by atoms with Crippen molar-refractivity contribution in [3.63, 3.8) is 0 Å². The number of H-pyrrole nitrogens is 1. The Bertz CT molecular complexity index is 1140. The minimum absolute atomic E-state index is 0.0163. The van der Waals surface area contributed by atoms with Gasteiger partial charge in [-0.15, -0.1) is 0 Å². The molecule has 26 heavy (non-hydrogen) atoms. The molecule has 0 radical (unpaired) electrons. The van der Waals surface area contributed by atoms with Crippen LogP contribution >= 0.6 is 11.6 Å². The Kier molecular flexibility index (Phi) is 3.84. The van der Waals surface area contributed by atoms with Crippen LogP contribution in [-0.4, -0.2) is 37.0 Å². The van der Waals surface area contributed by atoms with E-state index in [-0.39, 0.29) is 17.7 Å². The van der Waals surface area contributed by atoms with Gasteiger partial charge in [0, 0.05) is 19.2 Å². The minimum Gasteiger partial charge on any atom is -0.465 e. The van der Waals surface area contributed by atoms with E-state index in [1.165, 1.54) is 20.2 Å². The molecule has 0 unspecified atom stereocenters. The van der Waals surface area contributed by atoms with Crippen molar-refractivity contribution in [3.05, 3.63) is 61.8 Å². The van der Waals surface area contributed by atoms with E-state index in [1.54, 1.807) is 24.3 Å². The summed E-state index contributed by atoms with van der Waals surface area (Å²) in [5.41, 5.74) is 0.583. The van der Waals surface area contributed by atoms with Gasteiger partial charge in [-0.05, 0) is 18.6 Å². The molecule has 4 rings (SSSR count). The number of amides is 1. The van der Waals surface area contributed by atoms with Crippen LogP contribution in [0.2, 0.25) is 5.02 Å².